The smallest absolute Gasteiger partial charge is 0.305 e. The van der Waals surface area contributed by atoms with Gasteiger partial charge in [-0.15, -0.1) is 0 Å². The van der Waals surface area contributed by atoms with Crippen molar-refractivity contribution >= 4 is 11.8 Å². The number of hydrogen-bond donors (Lipinski definition) is 2. The van der Waals surface area contributed by atoms with Gasteiger partial charge in [0.15, 0.2) is 5.78 Å². The van der Waals surface area contributed by atoms with Gasteiger partial charge in [0.2, 0.25) is 0 Å². The maximum Gasteiger partial charge on any atom is 0.305 e. The number of nitrogens with one attached hydrogen (secondary N) is 1. The minimum absolute atomic E-state index is 0.121. The Kier molecular flexibility index (Phi) is 5.72. The molecule has 2 rings (SSSR count). The van der Waals surface area contributed by atoms with Crippen LogP contribution in [0.4, 0.5) is 0 Å². The van der Waals surface area contributed by atoms with E-state index in [0.29, 0.717) is 11.5 Å². The molecule has 0 saturated heterocycles. The third-order valence-corrected chi connectivity index (χ3v) is 4.35. The minimum atomic E-state index is -0.942. The SMILES string of the molecule is CC(C)c1ccc(C(=O)C(CC(=O)O)NC2CCCC2)cc1. The molecule has 4 heteroatoms. The van der Waals surface area contributed by atoms with E-state index in [9.17, 15) is 9.59 Å². The number of carboxylic acid groups (broad SMARTS) is 1. The van der Waals surface area contributed by atoms with Crippen molar-refractivity contribution < 1.29 is 14.7 Å². The number of rotatable bonds is 7. The van der Waals surface area contributed by atoms with Gasteiger partial charge in [-0.05, 0) is 24.3 Å². The average Bonchev–Trinajstić information content (AvgIpc) is 2.98. The van der Waals surface area contributed by atoms with E-state index in [4.69, 9.17) is 5.11 Å². The van der Waals surface area contributed by atoms with Gasteiger partial charge in [0.1, 0.15) is 0 Å². The molecule has 1 saturated carbocycles. The van der Waals surface area contributed by atoms with Crippen LogP contribution in [0.5, 0.6) is 0 Å². The van der Waals surface area contributed by atoms with Crippen LogP contribution < -0.4 is 5.32 Å². The third kappa shape index (κ3) is 4.41. The molecule has 2 N–H and O–H groups in total. The Bertz CT molecular complexity index is 516. The quantitative estimate of drug-likeness (QED) is 0.758. The molecule has 1 aromatic carbocycles. The fraction of sp³-hybridized carbons (Fsp3) is 0.556. The molecule has 0 aromatic heterocycles. The lowest BCUT2D eigenvalue weighted by atomic mass is 9.96. The molecule has 0 spiro atoms. The average molecular weight is 303 g/mol. The van der Waals surface area contributed by atoms with Gasteiger partial charge < -0.3 is 10.4 Å². The van der Waals surface area contributed by atoms with E-state index in [-0.39, 0.29) is 18.2 Å². The Morgan fingerprint density at radius 3 is 2.27 bits per heavy atom. The number of hydrogen-bond acceptors (Lipinski definition) is 3. The summed E-state index contributed by atoms with van der Waals surface area (Å²) in [5.41, 5.74) is 1.76. The monoisotopic (exact) mass is 303 g/mol. The van der Waals surface area contributed by atoms with E-state index in [2.05, 4.69) is 19.2 Å². The second-order valence-corrected chi connectivity index (χ2v) is 6.44. The summed E-state index contributed by atoms with van der Waals surface area (Å²) in [7, 11) is 0. The molecule has 0 bridgehead atoms. The minimum Gasteiger partial charge on any atom is -0.481 e. The van der Waals surface area contributed by atoms with Crippen molar-refractivity contribution in [3.05, 3.63) is 35.4 Å². The zero-order valence-corrected chi connectivity index (χ0v) is 13.3. The van der Waals surface area contributed by atoms with Crippen molar-refractivity contribution in [2.24, 2.45) is 0 Å². The topological polar surface area (TPSA) is 66.4 Å². The number of ketones is 1. The van der Waals surface area contributed by atoms with Crippen LogP contribution in [0.15, 0.2) is 24.3 Å². The van der Waals surface area contributed by atoms with Gasteiger partial charge in [-0.25, -0.2) is 0 Å². The Morgan fingerprint density at radius 2 is 1.77 bits per heavy atom. The molecule has 22 heavy (non-hydrogen) atoms. The molecule has 1 fully saturated rings. The fourth-order valence-corrected chi connectivity index (χ4v) is 3.01. The van der Waals surface area contributed by atoms with Crippen LogP contribution in [0, 0.1) is 0 Å². The summed E-state index contributed by atoms with van der Waals surface area (Å²) in [6.07, 6.45) is 4.18. The van der Waals surface area contributed by atoms with E-state index in [1.54, 1.807) is 0 Å². The van der Waals surface area contributed by atoms with Crippen LogP contribution >= 0.6 is 0 Å². The van der Waals surface area contributed by atoms with Crippen molar-refractivity contribution in [1.82, 2.24) is 5.32 Å². The summed E-state index contributed by atoms with van der Waals surface area (Å²) in [5, 5.41) is 12.3. The van der Waals surface area contributed by atoms with Crippen LogP contribution in [0.3, 0.4) is 0 Å². The number of Topliss-reactive ketones (excluding diaryl/α,β-unsaturated/α-hetero) is 1. The van der Waals surface area contributed by atoms with Gasteiger partial charge in [0.25, 0.3) is 0 Å². The Labute approximate surface area is 131 Å². The first-order valence-electron chi connectivity index (χ1n) is 8.09. The zero-order chi connectivity index (χ0) is 16.1. The molecule has 4 nitrogen and oxygen atoms in total. The van der Waals surface area contributed by atoms with Gasteiger partial charge >= 0.3 is 5.97 Å². The highest BCUT2D eigenvalue weighted by molar-refractivity contribution is 6.01. The maximum atomic E-state index is 12.6. The number of benzene rings is 1. The predicted octanol–water partition coefficient (Wildman–Crippen LogP) is 3.37. The summed E-state index contributed by atoms with van der Waals surface area (Å²) in [6.45, 7) is 4.21. The summed E-state index contributed by atoms with van der Waals surface area (Å²) >= 11 is 0. The maximum absolute atomic E-state index is 12.6. The van der Waals surface area contributed by atoms with Gasteiger partial charge in [-0.1, -0.05) is 51.0 Å². The molecular formula is C18H25NO3. The van der Waals surface area contributed by atoms with Crippen molar-refractivity contribution in [2.45, 2.75) is 64.0 Å². The molecule has 0 radical (unpaired) electrons. The summed E-state index contributed by atoms with van der Waals surface area (Å²) in [5.74, 6) is -0.650. The number of carboxylic acids is 1. The van der Waals surface area contributed by atoms with Crippen LogP contribution in [0.1, 0.15) is 67.8 Å². The highest BCUT2D eigenvalue weighted by Crippen LogP contribution is 2.20. The fourth-order valence-electron chi connectivity index (χ4n) is 3.01. The molecular weight excluding hydrogens is 278 g/mol. The summed E-state index contributed by atoms with van der Waals surface area (Å²) < 4.78 is 0. The molecule has 1 unspecified atom stereocenters. The van der Waals surface area contributed by atoms with Gasteiger partial charge in [0.05, 0.1) is 12.5 Å². The van der Waals surface area contributed by atoms with E-state index in [1.807, 2.05) is 24.3 Å². The predicted molar refractivity (Wildman–Crippen MR) is 86.3 cm³/mol. The molecule has 0 amide bonds. The largest absolute Gasteiger partial charge is 0.481 e. The molecule has 120 valence electrons. The standard InChI is InChI=1S/C18H25NO3/c1-12(2)13-7-9-14(10-8-13)18(22)16(11-17(20)21)19-15-5-3-4-6-15/h7-10,12,15-16,19H,3-6,11H2,1-2H3,(H,20,21). The van der Waals surface area contributed by atoms with E-state index >= 15 is 0 Å². The molecule has 0 heterocycles. The second kappa shape index (κ2) is 7.54. The second-order valence-electron chi connectivity index (χ2n) is 6.44. The first-order chi connectivity index (χ1) is 10.5. The van der Waals surface area contributed by atoms with Gasteiger partial charge in [0, 0.05) is 11.6 Å². The van der Waals surface area contributed by atoms with Crippen molar-refractivity contribution in [3.8, 4) is 0 Å². The highest BCUT2D eigenvalue weighted by atomic mass is 16.4. The Hall–Kier alpha value is -1.68. The Balaban J connectivity index is 2.10. The van der Waals surface area contributed by atoms with Gasteiger partial charge in [-0.2, -0.15) is 0 Å². The van der Waals surface area contributed by atoms with Crippen molar-refractivity contribution in [2.75, 3.05) is 0 Å². The van der Waals surface area contributed by atoms with Crippen LogP contribution in [0.2, 0.25) is 0 Å². The number of aliphatic carboxylic acids is 1. The van der Waals surface area contributed by atoms with Crippen molar-refractivity contribution in [3.63, 3.8) is 0 Å². The van der Waals surface area contributed by atoms with E-state index in [1.165, 1.54) is 5.56 Å². The van der Waals surface area contributed by atoms with Crippen molar-refractivity contribution in [1.29, 1.82) is 0 Å². The number of carbonyl (C=O) groups excluding carboxylic acids is 1. The lowest BCUT2D eigenvalue weighted by molar-refractivity contribution is -0.137. The summed E-state index contributed by atoms with van der Waals surface area (Å²) in [6, 6.07) is 7.15. The first-order valence-corrected chi connectivity index (χ1v) is 8.09. The van der Waals surface area contributed by atoms with Crippen LogP contribution in [-0.4, -0.2) is 28.9 Å². The number of carbonyl (C=O) groups is 2. The first kappa shape index (κ1) is 16.7. The zero-order valence-electron chi connectivity index (χ0n) is 13.3. The lowest BCUT2D eigenvalue weighted by Gasteiger charge is -2.21. The Morgan fingerprint density at radius 1 is 1.18 bits per heavy atom. The van der Waals surface area contributed by atoms with E-state index < -0.39 is 12.0 Å². The third-order valence-electron chi connectivity index (χ3n) is 4.35. The molecule has 1 aliphatic rings. The van der Waals surface area contributed by atoms with E-state index in [0.717, 1.165) is 25.7 Å². The highest BCUT2D eigenvalue weighted by Gasteiger charge is 2.27. The lowest BCUT2D eigenvalue weighted by Crippen LogP contribution is -2.43. The summed E-state index contributed by atoms with van der Waals surface area (Å²) in [4.78, 5) is 23.7. The molecule has 0 aliphatic heterocycles. The van der Waals surface area contributed by atoms with Gasteiger partial charge in [-0.3, -0.25) is 9.59 Å². The molecule has 1 atom stereocenters. The van der Waals surface area contributed by atoms with Crippen LogP contribution in [-0.2, 0) is 4.79 Å². The normalized spacial score (nSPS) is 16.9. The van der Waals surface area contributed by atoms with Crippen LogP contribution in [0.25, 0.3) is 0 Å². The molecule has 1 aromatic rings. The molecule has 1 aliphatic carbocycles.